The fraction of sp³-hybridized carbons (Fsp3) is 0.333. The van der Waals surface area contributed by atoms with Crippen LogP contribution in [0, 0.1) is 0 Å². The number of amides is 2. The second-order valence-corrected chi connectivity index (χ2v) is 6.75. The number of hydrogen-bond donors (Lipinski definition) is 2. The van der Waals surface area contributed by atoms with Gasteiger partial charge in [-0.3, -0.25) is 14.5 Å². The number of carbonyl (C=O) groups is 2. The predicted molar refractivity (Wildman–Crippen MR) is 104 cm³/mol. The topological polar surface area (TPSA) is 75.4 Å². The van der Waals surface area contributed by atoms with Gasteiger partial charge in [0.2, 0.25) is 11.8 Å². The summed E-state index contributed by atoms with van der Waals surface area (Å²) in [7, 11) is 0. The summed E-state index contributed by atoms with van der Waals surface area (Å²) in [6.45, 7) is 1.10. The lowest BCUT2D eigenvalue weighted by molar-refractivity contribution is -0.122. The van der Waals surface area contributed by atoms with Gasteiger partial charge in [-0.15, -0.1) is 0 Å². The summed E-state index contributed by atoms with van der Waals surface area (Å²) < 4.78 is 0. The lowest BCUT2D eigenvalue weighted by atomic mass is 9.99. The van der Waals surface area contributed by atoms with Crippen molar-refractivity contribution in [3.05, 3.63) is 54.6 Å². The average Bonchev–Trinajstić information content (AvgIpc) is 2.64. The fourth-order valence-corrected chi connectivity index (χ4v) is 3.57. The van der Waals surface area contributed by atoms with Gasteiger partial charge in [-0.2, -0.15) is 0 Å². The van der Waals surface area contributed by atoms with Crippen LogP contribution < -0.4 is 11.1 Å². The van der Waals surface area contributed by atoms with Crippen molar-refractivity contribution in [2.45, 2.75) is 31.7 Å². The first-order chi connectivity index (χ1) is 12.6. The molecule has 26 heavy (non-hydrogen) atoms. The van der Waals surface area contributed by atoms with Crippen LogP contribution in [-0.2, 0) is 9.59 Å². The quantitative estimate of drug-likeness (QED) is 0.840. The second kappa shape index (κ2) is 8.63. The Bertz CT molecular complexity index is 761. The number of benzene rings is 2. The molecule has 5 heteroatoms. The van der Waals surface area contributed by atoms with Crippen molar-refractivity contribution >= 4 is 17.5 Å². The number of nitrogens with one attached hydrogen (secondary N) is 1. The maximum Gasteiger partial charge on any atom is 0.238 e. The van der Waals surface area contributed by atoms with Crippen molar-refractivity contribution in [1.29, 1.82) is 0 Å². The van der Waals surface area contributed by atoms with Gasteiger partial charge in [-0.25, -0.2) is 0 Å². The maximum atomic E-state index is 12.6. The predicted octanol–water partition coefficient (Wildman–Crippen LogP) is 3.02. The summed E-state index contributed by atoms with van der Waals surface area (Å²) in [6.07, 6.45) is 3.35. The molecule has 5 nitrogen and oxygen atoms in total. The zero-order chi connectivity index (χ0) is 18.4. The summed E-state index contributed by atoms with van der Waals surface area (Å²) >= 11 is 0. The van der Waals surface area contributed by atoms with E-state index in [0.29, 0.717) is 6.42 Å². The molecular formula is C21H25N3O2. The van der Waals surface area contributed by atoms with Gasteiger partial charge in [0.05, 0.1) is 6.54 Å². The molecule has 1 aliphatic rings. The lowest BCUT2D eigenvalue weighted by Crippen LogP contribution is -2.45. The molecule has 1 saturated heterocycles. The Morgan fingerprint density at radius 2 is 1.77 bits per heavy atom. The lowest BCUT2D eigenvalue weighted by Gasteiger charge is -2.34. The molecule has 0 aliphatic carbocycles. The van der Waals surface area contributed by atoms with E-state index in [1.165, 1.54) is 0 Å². The molecule has 0 spiro atoms. The van der Waals surface area contributed by atoms with E-state index in [2.05, 4.69) is 10.2 Å². The molecule has 3 N–H and O–H groups in total. The molecule has 3 rings (SSSR count). The molecule has 1 heterocycles. The summed E-state index contributed by atoms with van der Waals surface area (Å²) in [4.78, 5) is 26.0. The van der Waals surface area contributed by atoms with E-state index in [1.54, 1.807) is 0 Å². The zero-order valence-electron chi connectivity index (χ0n) is 14.9. The van der Waals surface area contributed by atoms with Crippen molar-refractivity contribution < 1.29 is 9.59 Å². The number of piperidine rings is 1. The summed E-state index contributed by atoms with van der Waals surface area (Å²) in [5.74, 6) is -0.374. The normalized spacial score (nSPS) is 17.6. The molecule has 1 unspecified atom stereocenters. The van der Waals surface area contributed by atoms with Crippen molar-refractivity contribution in [2.75, 3.05) is 18.4 Å². The third-order valence-corrected chi connectivity index (χ3v) is 4.82. The second-order valence-electron chi connectivity index (χ2n) is 6.75. The molecular weight excluding hydrogens is 326 g/mol. The Hall–Kier alpha value is -2.66. The Morgan fingerprint density at radius 1 is 1.04 bits per heavy atom. The van der Waals surface area contributed by atoms with Crippen molar-refractivity contribution in [3.8, 4) is 11.1 Å². The highest BCUT2D eigenvalue weighted by molar-refractivity contribution is 5.96. The minimum atomic E-state index is -0.309. The fourth-order valence-electron chi connectivity index (χ4n) is 3.57. The van der Waals surface area contributed by atoms with E-state index >= 15 is 0 Å². The smallest absolute Gasteiger partial charge is 0.238 e. The van der Waals surface area contributed by atoms with Gasteiger partial charge in [0.25, 0.3) is 0 Å². The van der Waals surface area contributed by atoms with Gasteiger partial charge in [0, 0.05) is 23.7 Å². The van der Waals surface area contributed by atoms with E-state index in [0.717, 1.165) is 42.6 Å². The highest BCUT2D eigenvalue weighted by Gasteiger charge is 2.25. The van der Waals surface area contributed by atoms with Gasteiger partial charge in [0.15, 0.2) is 0 Å². The number of hydrogen-bond acceptors (Lipinski definition) is 3. The first-order valence-corrected chi connectivity index (χ1v) is 9.10. The largest absolute Gasteiger partial charge is 0.370 e. The summed E-state index contributed by atoms with van der Waals surface area (Å²) in [5.41, 5.74) is 8.21. The standard InChI is InChI=1S/C21H25N3O2/c22-20(25)14-17-10-6-7-13-24(17)15-21(26)23-19-12-5-4-11-18(19)16-8-2-1-3-9-16/h1-5,8-9,11-12,17H,6-7,10,13-15H2,(H2,22,25)(H,23,26). The van der Waals surface area contributed by atoms with Crippen LogP contribution in [0.15, 0.2) is 54.6 Å². The molecule has 1 fully saturated rings. The van der Waals surface area contributed by atoms with Gasteiger partial charge in [0.1, 0.15) is 0 Å². The number of para-hydroxylation sites is 1. The number of primary amides is 1. The summed E-state index contributed by atoms with van der Waals surface area (Å²) in [5, 5.41) is 3.03. The van der Waals surface area contributed by atoms with Crippen LogP contribution in [-0.4, -0.2) is 35.8 Å². The third kappa shape index (κ3) is 4.70. The van der Waals surface area contributed by atoms with Crippen molar-refractivity contribution in [3.63, 3.8) is 0 Å². The van der Waals surface area contributed by atoms with Gasteiger partial charge < -0.3 is 11.1 Å². The van der Waals surface area contributed by atoms with Gasteiger partial charge >= 0.3 is 0 Å². The minimum absolute atomic E-state index is 0.0650. The average molecular weight is 351 g/mol. The van der Waals surface area contributed by atoms with Crippen molar-refractivity contribution in [1.82, 2.24) is 4.90 Å². The van der Waals surface area contributed by atoms with E-state index < -0.39 is 0 Å². The Morgan fingerprint density at radius 3 is 2.54 bits per heavy atom. The molecule has 1 atom stereocenters. The van der Waals surface area contributed by atoms with E-state index in [-0.39, 0.29) is 24.4 Å². The SMILES string of the molecule is NC(=O)CC1CCCCN1CC(=O)Nc1ccccc1-c1ccccc1. The monoisotopic (exact) mass is 351 g/mol. The molecule has 0 saturated carbocycles. The molecule has 1 aliphatic heterocycles. The Labute approximate surface area is 154 Å². The number of anilines is 1. The Balaban J connectivity index is 1.69. The van der Waals surface area contributed by atoms with E-state index in [9.17, 15) is 9.59 Å². The van der Waals surface area contributed by atoms with Gasteiger partial charge in [-0.1, -0.05) is 55.0 Å². The number of nitrogens with zero attached hydrogens (tertiary/aromatic N) is 1. The van der Waals surface area contributed by atoms with Crippen LogP contribution >= 0.6 is 0 Å². The van der Waals surface area contributed by atoms with E-state index in [4.69, 9.17) is 5.73 Å². The van der Waals surface area contributed by atoms with Crippen LogP contribution in [0.4, 0.5) is 5.69 Å². The minimum Gasteiger partial charge on any atom is -0.370 e. The molecule has 0 aromatic heterocycles. The zero-order valence-corrected chi connectivity index (χ0v) is 14.9. The highest BCUT2D eigenvalue weighted by atomic mass is 16.2. The van der Waals surface area contributed by atoms with Gasteiger partial charge in [-0.05, 0) is 31.0 Å². The van der Waals surface area contributed by atoms with E-state index in [1.807, 2.05) is 54.6 Å². The Kier molecular flexibility index (Phi) is 6.02. The first-order valence-electron chi connectivity index (χ1n) is 9.10. The summed E-state index contributed by atoms with van der Waals surface area (Å²) in [6, 6.07) is 17.9. The third-order valence-electron chi connectivity index (χ3n) is 4.82. The van der Waals surface area contributed by atoms with Crippen LogP contribution in [0.2, 0.25) is 0 Å². The molecule has 0 radical (unpaired) electrons. The number of carbonyl (C=O) groups excluding carboxylic acids is 2. The highest BCUT2D eigenvalue weighted by Crippen LogP contribution is 2.27. The molecule has 0 bridgehead atoms. The molecule has 136 valence electrons. The van der Waals surface area contributed by atoms with Crippen molar-refractivity contribution in [2.24, 2.45) is 5.73 Å². The number of rotatable bonds is 6. The molecule has 2 amide bonds. The van der Waals surface area contributed by atoms with Crippen LogP contribution in [0.3, 0.4) is 0 Å². The van der Waals surface area contributed by atoms with Crippen LogP contribution in [0.1, 0.15) is 25.7 Å². The van der Waals surface area contributed by atoms with Crippen LogP contribution in [0.25, 0.3) is 11.1 Å². The number of nitrogens with two attached hydrogens (primary N) is 1. The van der Waals surface area contributed by atoms with Crippen LogP contribution in [0.5, 0.6) is 0 Å². The number of likely N-dealkylation sites (tertiary alicyclic amines) is 1. The first kappa shape index (κ1) is 18.1. The maximum absolute atomic E-state index is 12.6. The molecule has 2 aromatic rings. The molecule has 2 aromatic carbocycles.